The van der Waals surface area contributed by atoms with Gasteiger partial charge in [-0.05, 0) is 39.7 Å². The molecule has 5 heteroatoms. The first-order chi connectivity index (χ1) is 10.2. The number of rotatable bonds is 4. The molecule has 0 radical (unpaired) electrons. The SMILES string of the molecule is Cn1nc(COc2ccc(CCl)cc2Br)c2ccccc21. The van der Waals surface area contributed by atoms with Crippen LogP contribution in [0.4, 0.5) is 0 Å². The zero-order chi connectivity index (χ0) is 14.8. The lowest BCUT2D eigenvalue weighted by Crippen LogP contribution is -1.99. The van der Waals surface area contributed by atoms with Crippen molar-refractivity contribution < 1.29 is 4.74 Å². The maximum atomic E-state index is 5.88. The Morgan fingerprint density at radius 1 is 1.24 bits per heavy atom. The van der Waals surface area contributed by atoms with Gasteiger partial charge in [-0.25, -0.2) is 0 Å². The van der Waals surface area contributed by atoms with Crippen LogP contribution in [0.2, 0.25) is 0 Å². The van der Waals surface area contributed by atoms with Crippen molar-refractivity contribution >= 4 is 38.4 Å². The van der Waals surface area contributed by atoms with E-state index < -0.39 is 0 Å². The molecule has 108 valence electrons. The van der Waals surface area contributed by atoms with Crippen molar-refractivity contribution in [3.8, 4) is 5.75 Å². The number of hydrogen-bond acceptors (Lipinski definition) is 2. The zero-order valence-electron chi connectivity index (χ0n) is 11.5. The molecule has 0 bridgehead atoms. The van der Waals surface area contributed by atoms with E-state index in [0.29, 0.717) is 12.5 Å². The van der Waals surface area contributed by atoms with Crippen LogP contribution in [0.1, 0.15) is 11.3 Å². The maximum Gasteiger partial charge on any atom is 0.134 e. The Morgan fingerprint density at radius 2 is 2.05 bits per heavy atom. The summed E-state index contributed by atoms with van der Waals surface area (Å²) in [6.45, 7) is 0.431. The molecular weight excluding hydrogens is 352 g/mol. The lowest BCUT2D eigenvalue weighted by Gasteiger charge is -2.08. The summed E-state index contributed by atoms with van der Waals surface area (Å²) in [5.41, 5.74) is 3.09. The first kappa shape index (κ1) is 14.4. The Hall–Kier alpha value is -1.52. The fourth-order valence-corrected chi connectivity index (χ4v) is 2.99. The monoisotopic (exact) mass is 364 g/mol. The first-order valence-corrected chi connectivity index (χ1v) is 7.89. The van der Waals surface area contributed by atoms with Gasteiger partial charge in [0.1, 0.15) is 18.1 Å². The number of fused-ring (bicyclic) bond motifs is 1. The maximum absolute atomic E-state index is 5.88. The molecule has 0 unspecified atom stereocenters. The molecule has 0 aliphatic carbocycles. The third-order valence-electron chi connectivity index (χ3n) is 3.35. The van der Waals surface area contributed by atoms with Crippen molar-refractivity contribution in [3.63, 3.8) is 0 Å². The van der Waals surface area contributed by atoms with Gasteiger partial charge in [0.15, 0.2) is 0 Å². The van der Waals surface area contributed by atoms with Gasteiger partial charge in [-0.3, -0.25) is 4.68 Å². The van der Waals surface area contributed by atoms with Gasteiger partial charge in [0.05, 0.1) is 9.99 Å². The second-order valence-electron chi connectivity index (χ2n) is 4.77. The molecule has 0 N–H and O–H groups in total. The predicted molar refractivity (Wildman–Crippen MR) is 88.7 cm³/mol. The molecule has 0 saturated carbocycles. The molecule has 2 aromatic carbocycles. The fraction of sp³-hybridized carbons (Fsp3) is 0.188. The van der Waals surface area contributed by atoms with Crippen LogP contribution in [0.5, 0.6) is 5.75 Å². The average Bonchev–Trinajstić information content (AvgIpc) is 2.83. The zero-order valence-corrected chi connectivity index (χ0v) is 13.9. The summed E-state index contributed by atoms with van der Waals surface area (Å²) >= 11 is 9.33. The van der Waals surface area contributed by atoms with Gasteiger partial charge in [0.25, 0.3) is 0 Å². The molecule has 0 aliphatic heterocycles. The number of para-hydroxylation sites is 1. The van der Waals surface area contributed by atoms with Gasteiger partial charge in [0.2, 0.25) is 0 Å². The van der Waals surface area contributed by atoms with Gasteiger partial charge in [-0.15, -0.1) is 11.6 Å². The molecule has 3 nitrogen and oxygen atoms in total. The summed E-state index contributed by atoms with van der Waals surface area (Å²) in [4.78, 5) is 0. The van der Waals surface area contributed by atoms with E-state index in [1.54, 1.807) is 0 Å². The molecule has 0 amide bonds. The van der Waals surface area contributed by atoms with Crippen LogP contribution in [0.25, 0.3) is 10.9 Å². The molecular formula is C16H14BrClN2O. The summed E-state index contributed by atoms with van der Waals surface area (Å²) < 4.78 is 8.66. The number of aromatic nitrogens is 2. The number of benzene rings is 2. The first-order valence-electron chi connectivity index (χ1n) is 6.57. The van der Waals surface area contributed by atoms with E-state index in [1.165, 1.54) is 0 Å². The van der Waals surface area contributed by atoms with Crippen LogP contribution in [-0.4, -0.2) is 9.78 Å². The average molecular weight is 366 g/mol. The Bertz CT molecular complexity index is 785. The van der Waals surface area contributed by atoms with Crippen LogP contribution < -0.4 is 4.74 Å². The fourth-order valence-electron chi connectivity index (χ4n) is 2.29. The van der Waals surface area contributed by atoms with E-state index in [0.717, 1.165) is 32.4 Å². The van der Waals surface area contributed by atoms with E-state index in [-0.39, 0.29) is 0 Å². The summed E-state index contributed by atoms with van der Waals surface area (Å²) in [6.07, 6.45) is 0. The highest BCUT2D eigenvalue weighted by molar-refractivity contribution is 9.10. The van der Waals surface area contributed by atoms with E-state index in [2.05, 4.69) is 33.2 Å². The van der Waals surface area contributed by atoms with Crippen molar-refractivity contribution in [1.29, 1.82) is 0 Å². The second kappa shape index (κ2) is 6.08. The highest BCUT2D eigenvalue weighted by Gasteiger charge is 2.09. The third kappa shape index (κ3) is 2.92. The number of hydrogen-bond donors (Lipinski definition) is 0. The van der Waals surface area contributed by atoms with Gasteiger partial charge in [0, 0.05) is 18.3 Å². The molecule has 0 aliphatic rings. The minimum atomic E-state index is 0.431. The third-order valence-corrected chi connectivity index (χ3v) is 4.28. The Kier molecular flexibility index (Phi) is 4.17. The van der Waals surface area contributed by atoms with Crippen LogP contribution in [0, 0.1) is 0 Å². The Balaban J connectivity index is 1.84. The topological polar surface area (TPSA) is 27.1 Å². The number of aryl methyl sites for hydroxylation is 1. The summed E-state index contributed by atoms with van der Waals surface area (Å²) in [5, 5.41) is 5.64. The number of nitrogens with zero attached hydrogens (tertiary/aromatic N) is 2. The van der Waals surface area contributed by atoms with E-state index in [1.807, 2.05) is 42.1 Å². The summed E-state index contributed by atoms with van der Waals surface area (Å²) in [7, 11) is 1.94. The van der Waals surface area contributed by atoms with Crippen molar-refractivity contribution in [2.75, 3.05) is 0 Å². The molecule has 3 aromatic rings. The van der Waals surface area contributed by atoms with Gasteiger partial charge in [-0.2, -0.15) is 5.10 Å². The van der Waals surface area contributed by atoms with Crippen molar-refractivity contribution in [2.45, 2.75) is 12.5 Å². The number of ether oxygens (including phenoxy) is 1. The van der Waals surface area contributed by atoms with Gasteiger partial charge < -0.3 is 4.74 Å². The van der Waals surface area contributed by atoms with Gasteiger partial charge >= 0.3 is 0 Å². The number of halogens is 2. The highest BCUT2D eigenvalue weighted by Crippen LogP contribution is 2.28. The van der Waals surface area contributed by atoms with Crippen molar-refractivity contribution in [1.82, 2.24) is 9.78 Å². The molecule has 1 heterocycles. The molecule has 0 atom stereocenters. The summed E-state index contributed by atoms with van der Waals surface area (Å²) in [6, 6.07) is 14.0. The van der Waals surface area contributed by atoms with Crippen LogP contribution in [-0.2, 0) is 19.5 Å². The molecule has 1 aromatic heterocycles. The molecule has 0 saturated heterocycles. The van der Waals surface area contributed by atoms with Crippen molar-refractivity contribution in [2.24, 2.45) is 7.05 Å². The molecule has 0 fully saturated rings. The van der Waals surface area contributed by atoms with E-state index in [9.17, 15) is 0 Å². The Labute approximate surface area is 136 Å². The smallest absolute Gasteiger partial charge is 0.134 e. The molecule has 0 spiro atoms. The van der Waals surface area contributed by atoms with Crippen molar-refractivity contribution in [3.05, 3.63) is 58.2 Å². The minimum Gasteiger partial charge on any atom is -0.486 e. The predicted octanol–water partition coefficient (Wildman–Crippen LogP) is 4.65. The standard InChI is InChI=1S/C16H14BrClN2O/c1-20-15-5-3-2-4-12(15)14(19-20)10-21-16-7-6-11(9-18)8-13(16)17/h2-8H,9-10H2,1H3. The normalized spacial score (nSPS) is 11.0. The summed E-state index contributed by atoms with van der Waals surface area (Å²) in [5.74, 6) is 1.28. The Morgan fingerprint density at radius 3 is 2.81 bits per heavy atom. The van der Waals surface area contributed by atoms with Crippen LogP contribution in [0.3, 0.4) is 0 Å². The largest absolute Gasteiger partial charge is 0.486 e. The minimum absolute atomic E-state index is 0.431. The number of alkyl halides is 1. The highest BCUT2D eigenvalue weighted by atomic mass is 79.9. The van der Waals surface area contributed by atoms with Crippen LogP contribution >= 0.6 is 27.5 Å². The lowest BCUT2D eigenvalue weighted by molar-refractivity contribution is 0.299. The van der Waals surface area contributed by atoms with Gasteiger partial charge in [-0.1, -0.05) is 24.3 Å². The lowest BCUT2D eigenvalue weighted by atomic mass is 10.2. The quantitative estimate of drug-likeness (QED) is 0.629. The van der Waals surface area contributed by atoms with E-state index in [4.69, 9.17) is 16.3 Å². The second-order valence-corrected chi connectivity index (χ2v) is 5.90. The van der Waals surface area contributed by atoms with E-state index >= 15 is 0 Å². The molecule has 21 heavy (non-hydrogen) atoms. The molecule has 3 rings (SSSR count). The van der Waals surface area contributed by atoms with Crippen LogP contribution in [0.15, 0.2) is 46.9 Å².